The van der Waals surface area contributed by atoms with E-state index in [1.165, 1.54) is 135 Å². The van der Waals surface area contributed by atoms with Gasteiger partial charge in [-0.2, -0.15) is 8.42 Å². The lowest BCUT2D eigenvalue weighted by atomic mass is 9.88. The predicted molar refractivity (Wildman–Crippen MR) is 188 cm³/mol. The minimum atomic E-state index is -4.16. The molecule has 0 aromatic carbocycles. The average molecular weight is 664 g/mol. The van der Waals surface area contributed by atoms with Gasteiger partial charge < -0.3 is 10.8 Å². The molecular formula is C36H73NO7S. The van der Waals surface area contributed by atoms with E-state index in [1.54, 1.807) is 0 Å². The molecule has 0 aromatic heterocycles. The van der Waals surface area contributed by atoms with Crippen molar-refractivity contribution in [1.29, 1.82) is 0 Å². The van der Waals surface area contributed by atoms with Gasteiger partial charge in [0.25, 0.3) is 0 Å². The summed E-state index contributed by atoms with van der Waals surface area (Å²) >= 11 is 0. The summed E-state index contributed by atoms with van der Waals surface area (Å²) < 4.78 is 29.7. The number of nitrogens with two attached hydrogens (primary N) is 1. The second-order valence-electron chi connectivity index (χ2n) is 13.0. The molecule has 8 nitrogen and oxygen atoms in total. The first-order valence-corrected chi connectivity index (χ1v) is 19.9. The molecule has 0 aliphatic rings. The molecule has 0 heterocycles. The van der Waals surface area contributed by atoms with Crippen LogP contribution in [0.2, 0.25) is 0 Å². The van der Waals surface area contributed by atoms with Crippen molar-refractivity contribution in [1.82, 2.24) is 0 Å². The molecule has 45 heavy (non-hydrogen) atoms. The number of Topliss-reactive ketones (excluding diaryl/α,β-unsaturated/α-hetero) is 2. The van der Waals surface area contributed by atoms with Gasteiger partial charge in [0.05, 0.1) is 7.11 Å². The summed E-state index contributed by atoms with van der Waals surface area (Å²) in [7, 11) is -3.29. The molecule has 1 unspecified atom stereocenters. The van der Waals surface area contributed by atoms with Crippen molar-refractivity contribution in [3.8, 4) is 0 Å². The van der Waals surface area contributed by atoms with Crippen LogP contribution in [-0.2, 0) is 24.2 Å². The van der Waals surface area contributed by atoms with E-state index in [0.29, 0.717) is 12.8 Å². The van der Waals surface area contributed by atoms with Gasteiger partial charge in [-0.15, -0.1) is 0 Å². The summed E-state index contributed by atoms with van der Waals surface area (Å²) in [4.78, 5) is 25.1. The Bertz CT molecular complexity index is 775. The minimum Gasteiger partial charge on any atom is -0.380 e. The molecular weight excluding hydrogens is 590 g/mol. The van der Waals surface area contributed by atoms with Gasteiger partial charge in [-0.25, -0.2) is 0 Å². The molecule has 9 heteroatoms. The molecule has 0 radical (unpaired) electrons. The van der Waals surface area contributed by atoms with Crippen molar-refractivity contribution < 1.29 is 31.8 Å². The fourth-order valence-corrected chi connectivity index (χ4v) is 5.58. The number of hydrogen-bond donors (Lipinski definition) is 3. The zero-order valence-electron chi connectivity index (χ0n) is 29.6. The third-order valence-electron chi connectivity index (χ3n) is 8.62. The highest BCUT2D eigenvalue weighted by molar-refractivity contribution is 7.80. The summed E-state index contributed by atoms with van der Waals surface area (Å²) in [6.45, 7) is 4.37. The third kappa shape index (κ3) is 34.3. The molecule has 0 aliphatic carbocycles. The van der Waals surface area contributed by atoms with Crippen molar-refractivity contribution in [2.75, 3.05) is 13.7 Å². The highest BCUT2D eigenvalue weighted by Crippen LogP contribution is 2.19. The molecule has 0 bridgehead atoms. The summed E-state index contributed by atoms with van der Waals surface area (Å²) in [5, 5.41) is 10.8. The molecule has 270 valence electrons. The topological polar surface area (TPSA) is 144 Å². The Morgan fingerprint density at radius 2 is 0.844 bits per heavy atom. The van der Waals surface area contributed by atoms with Gasteiger partial charge >= 0.3 is 10.4 Å². The standard InChI is InChI=1S/C35H69NO3.CH4O4S/c1-3-5-7-9-11-13-15-17-19-21-23-25-27-29-33(37)31-35(39,32-36)34(38)30-28-26-24-22-20-18-16-14-12-10-8-6-4-2;1-5-6(2,3)4/h39H,3-32,36H2,1-2H3;1H3,(H,2,3,4). The zero-order valence-corrected chi connectivity index (χ0v) is 30.5. The van der Waals surface area contributed by atoms with Crippen LogP contribution >= 0.6 is 0 Å². The van der Waals surface area contributed by atoms with Crippen LogP contribution in [0.15, 0.2) is 0 Å². The zero-order chi connectivity index (χ0) is 34.1. The quantitative estimate of drug-likeness (QED) is 0.0465. The molecule has 0 amide bonds. The van der Waals surface area contributed by atoms with Crippen LogP contribution in [0.25, 0.3) is 0 Å². The smallest absolute Gasteiger partial charge is 0.380 e. The van der Waals surface area contributed by atoms with Gasteiger partial charge in [-0.05, 0) is 12.8 Å². The van der Waals surface area contributed by atoms with Gasteiger partial charge in [0, 0.05) is 25.8 Å². The van der Waals surface area contributed by atoms with Crippen molar-refractivity contribution >= 4 is 22.0 Å². The van der Waals surface area contributed by atoms with E-state index in [-0.39, 0.29) is 24.5 Å². The second kappa shape index (κ2) is 33.0. The SMILES string of the molecule is CCCCCCCCCCCCCCCC(=O)CC(O)(CN)C(=O)CCCCCCCCCCCCCCC.COS(=O)(=O)O. The number of unbranched alkanes of at least 4 members (excludes halogenated alkanes) is 24. The molecule has 0 saturated heterocycles. The van der Waals surface area contributed by atoms with Gasteiger partial charge in [0.1, 0.15) is 11.4 Å². The molecule has 0 saturated carbocycles. The molecule has 0 aliphatic heterocycles. The molecule has 1 atom stereocenters. The number of ketones is 2. The predicted octanol–water partition coefficient (Wildman–Crippen LogP) is 9.60. The Morgan fingerprint density at radius 3 is 1.11 bits per heavy atom. The number of aliphatic hydroxyl groups is 1. The van der Waals surface area contributed by atoms with Crippen molar-refractivity contribution in [3.05, 3.63) is 0 Å². The van der Waals surface area contributed by atoms with Crippen molar-refractivity contribution in [2.24, 2.45) is 5.73 Å². The fourth-order valence-electron chi connectivity index (χ4n) is 5.58. The minimum absolute atomic E-state index is 0.0234. The lowest BCUT2D eigenvalue weighted by molar-refractivity contribution is -0.142. The van der Waals surface area contributed by atoms with Crippen LogP contribution < -0.4 is 5.73 Å². The van der Waals surface area contributed by atoms with E-state index in [9.17, 15) is 23.1 Å². The Labute approximate surface area is 278 Å². The van der Waals surface area contributed by atoms with Crippen LogP contribution in [0, 0.1) is 0 Å². The molecule has 4 N–H and O–H groups in total. The van der Waals surface area contributed by atoms with Gasteiger partial charge in [0.15, 0.2) is 5.78 Å². The molecule has 0 aromatic rings. The molecule has 0 fully saturated rings. The lowest BCUT2D eigenvalue weighted by Gasteiger charge is -2.24. The number of hydrogen-bond acceptors (Lipinski definition) is 7. The Balaban J connectivity index is 0. The first-order chi connectivity index (χ1) is 21.6. The normalized spacial score (nSPS) is 12.8. The van der Waals surface area contributed by atoms with Gasteiger partial charge in [-0.3, -0.25) is 18.3 Å². The van der Waals surface area contributed by atoms with Gasteiger partial charge in [0.2, 0.25) is 0 Å². The van der Waals surface area contributed by atoms with E-state index in [4.69, 9.17) is 10.3 Å². The summed E-state index contributed by atoms with van der Waals surface area (Å²) in [6, 6.07) is 0. The fraction of sp³-hybridized carbons (Fsp3) is 0.944. The second-order valence-corrected chi connectivity index (χ2v) is 14.1. The van der Waals surface area contributed by atoms with Crippen LogP contribution in [0.5, 0.6) is 0 Å². The van der Waals surface area contributed by atoms with Crippen molar-refractivity contribution in [2.45, 2.75) is 206 Å². The maximum atomic E-state index is 12.6. The van der Waals surface area contributed by atoms with E-state index in [2.05, 4.69) is 18.0 Å². The maximum absolute atomic E-state index is 12.6. The number of rotatable bonds is 33. The van der Waals surface area contributed by atoms with Gasteiger partial charge in [-0.1, -0.05) is 168 Å². The van der Waals surface area contributed by atoms with E-state index in [0.717, 1.165) is 39.2 Å². The van der Waals surface area contributed by atoms with Crippen LogP contribution in [0.3, 0.4) is 0 Å². The highest BCUT2D eigenvalue weighted by Gasteiger charge is 2.35. The average Bonchev–Trinajstić information content (AvgIpc) is 3.01. The molecule has 0 spiro atoms. The van der Waals surface area contributed by atoms with E-state index < -0.39 is 16.0 Å². The first kappa shape index (κ1) is 46.2. The summed E-state index contributed by atoms with van der Waals surface area (Å²) in [5.41, 5.74) is 4.09. The van der Waals surface area contributed by atoms with Crippen LogP contribution in [0.4, 0.5) is 0 Å². The van der Waals surface area contributed by atoms with Crippen molar-refractivity contribution in [3.63, 3.8) is 0 Å². The van der Waals surface area contributed by atoms with E-state index in [1.807, 2.05) is 0 Å². The van der Waals surface area contributed by atoms with Crippen LogP contribution in [-0.4, -0.2) is 48.9 Å². The largest absolute Gasteiger partial charge is 0.397 e. The Hall–Kier alpha value is -0.870. The summed E-state index contributed by atoms with van der Waals surface area (Å²) in [5.74, 6) is -0.267. The summed E-state index contributed by atoms with van der Waals surface area (Å²) in [6.07, 6.45) is 33.6. The van der Waals surface area contributed by atoms with Crippen LogP contribution in [0.1, 0.15) is 200 Å². The maximum Gasteiger partial charge on any atom is 0.397 e. The third-order valence-corrected chi connectivity index (χ3v) is 9.04. The van der Waals surface area contributed by atoms with E-state index >= 15 is 0 Å². The lowest BCUT2D eigenvalue weighted by Crippen LogP contribution is -2.47. The number of carbonyl (C=O) groups excluding carboxylic acids is 2. The Kier molecular flexibility index (Phi) is 34.0. The Morgan fingerprint density at radius 1 is 0.578 bits per heavy atom. The number of carbonyl (C=O) groups is 2. The highest BCUT2D eigenvalue weighted by atomic mass is 32.3. The molecule has 0 rings (SSSR count). The monoisotopic (exact) mass is 664 g/mol. The first-order valence-electron chi connectivity index (χ1n) is 18.6.